The first kappa shape index (κ1) is 14.6. The average molecular weight is 272 g/mol. The highest BCUT2D eigenvalue weighted by Gasteiger charge is 2.23. The van der Waals surface area contributed by atoms with E-state index in [4.69, 9.17) is 5.11 Å². The van der Waals surface area contributed by atoms with Crippen molar-refractivity contribution in [1.29, 1.82) is 0 Å². The second-order valence-corrected chi connectivity index (χ2v) is 6.13. The minimum absolute atomic E-state index is 0.0451. The summed E-state index contributed by atoms with van der Waals surface area (Å²) < 4.78 is 24.4. The van der Waals surface area contributed by atoms with Crippen LogP contribution in [-0.4, -0.2) is 41.6 Å². The van der Waals surface area contributed by atoms with Crippen LogP contribution in [0.2, 0.25) is 0 Å². The number of rotatable bonds is 6. The molecule has 0 bridgehead atoms. The zero-order valence-electron chi connectivity index (χ0n) is 10.3. The van der Waals surface area contributed by atoms with Crippen LogP contribution in [-0.2, 0) is 21.4 Å². The Balaban J connectivity index is 2.84. The topological polar surface area (TPSA) is 87.6 Å². The van der Waals surface area contributed by atoms with Crippen molar-refractivity contribution >= 4 is 16.0 Å². The quantitative estimate of drug-likeness (QED) is 0.817. The second kappa shape index (κ2) is 5.92. The predicted octanol–water partition coefficient (Wildman–Crippen LogP) is 0.564. The Morgan fingerprint density at radius 1 is 1.44 bits per heavy atom. The maximum Gasteiger partial charge on any atom is 0.307 e. The average Bonchev–Trinajstić information content (AvgIpc) is 2.28. The van der Waals surface area contributed by atoms with E-state index < -0.39 is 21.9 Å². The van der Waals surface area contributed by atoms with Crippen LogP contribution in [0.25, 0.3) is 0 Å². The van der Waals surface area contributed by atoms with E-state index in [1.165, 1.54) is 6.92 Å². The van der Waals surface area contributed by atoms with Crippen LogP contribution >= 0.6 is 0 Å². The molecule has 1 aromatic rings. The van der Waals surface area contributed by atoms with Crippen LogP contribution in [0.4, 0.5) is 0 Å². The summed E-state index contributed by atoms with van der Waals surface area (Å²) in [5, 5.41) is 8.83. The number of carboxylic acid groups (broad SMARTS) is 1. The van der Waals surface area contributed by atoms with Gasteiger partial charge < -0.3 is 5.11 Å². The van der Waals surface area contributed by atoms with E-state index in [0.717, 1.165) is 16.1 Å². The van der Waals surface area contributed by atoms with E-state index in [1.54, 1.807) is 24.5 Å². The zero-order valence-corrected chi connectivity index (χ0v) is 11.1. The van der Waals surface area contributed by atoms with Crippen molar-refractivity contribution in [3.63, 3.8) is 0 Å². The van der Waals surface area contributed by atoms with Crippen molar-refractivity contribution in [2.24, 2.45) is 5.92 Å². The van der Waals surface area contributed by atoms with Crippen LogP contribution in [0.5, 0.6) is 0 Å². The van der Waals surface area contributed by atoms with Crippen LogP contribution < -0.4 is 0 Å². The van der Waals surface area contributed by atoms with Gasteiger partial charge in [-0.05, 0) is 17.7 Å². The minimum atomic E-state index is -3.44. The normalized spacial score (nSPS) is 13.5. The summed E-state index contributed by atoms with van der Waals surface area (Å²) in [4.78, 5) is 14.6. The highest BCUT2D eigenvalue weighted by Crippen LogP contribution is 2.10. The van der Waals surface area contributed by atoms with Gasteiger partial charge in [0.2, 0.25) is 10.0 Å². The van der Waals surface area contributed by atoms with E-state index in [0.29, 0.717) is 0 Å². The first-order chi connectivity index (χ1) is 8.30. The summed E-state index contributed by atoms with van der Waals surface area (Å²) in [5.41, 5.74) is 0.771. The Morgan fingerprint density at radius 2 is 2.00 bits per heavy atom. The molecule has 7 heteroatoms. The summed E-state index contributed by atoms with van der Waals surface area (Å²) in [5.74, 6) is -1.76. The van der Waals surface area contributed by atoms with E-state index in [9.17, 15) is 13.2 Å². The molecule has 1 heterocycles. The van der Waals surface area contributed by atoms with Gasteiger partial charge in [0.1, 0.15) is 0 Å². The Hall–Kier alpha value is -1.47. The smallest absolute Gasteiger partial charge is 0.307 e. The number of hydrogen-bond acceptors (Lipinski definition) is 4. The minimum Gasteiger partial charge on any atom is -0.481 e. The molecule has 0 radical (unpaired) electrons. The molecule has 0 aliphatic heterocycles. The van der Waals surface area contributed by atoms with Crippen molar-refractivity contribution in [2.75, 3.05) is 12.8 Å². The van der Waals surface area contributed by atoms with Crippen molar-refractivity contribution < 1.29 is 18.3 Å². The maximum absolute atomic E-state index is 11.6. The van der Waals surface area contributed by atoms with Gasteiger partial charge in [0.15, 0.2) is 0 Å². The van der Waals surface area contributed by atoms with Gasteiger partial charge in [0.25, 0.3) is 0 Å². The molecule has 0 saturated carbocycles. The Labute approximate surface area is 106 Å². The molecule has 0 aliphatic rings. The standard InChI is InChI=1S/C11H16N2O4S/c1-9(11(14)15)7-13(18(2,16)17)8-10-3-5-12-6-4-10/h3-6,9H,7-8H2,1-2H3,(H,14,15). The van der Waals surface area contributed by atoms with Crippen LogP contribution in [0.3, 0.4) is 0 Å². The van der Waals surface area contributed by atoms with Gasteiger partial charge in [0.05, 0.1) is 12.2 Å². The molecule has 1 rings (SSSR count). The number of nitrogens with zero attached hydrogens (tertiary/aromatic N) is 2. The molecule has 0 amide bonds. The molecule has 1 unspecified atom stereocenters. The molecule has 1 N–H and O–H groups in total. The van der Waals surface area contributed by atoms with Gasteiger partial charge in [-0.15, -0.1) is 0 Å². The van der Waals surface area contributed by atoms with E-state index >= 15 is 0 Å². The molecule has 0 saturated heterocycles. The number of aliphatic carboxylic acids is 1. The lowest BCUT2D eigenvalue weighted by Crippen LogP contribution is -2.35. The molecule has 0 aliphatic carbocycles. The van der Waals surface area contributed by atoms with Gasteiger partial charge >= 0.3 is 5.97 Å². The maximum atomic E-state index is 11.6. The SMILES string of the molecule is CC(CN(Cc1ccncc1)S(C)(=O)=O)C(=O)O. The summed E-state index contributed by atoms with van der Waals surface area (Å²) >= 11 is 0. The van der Waals surface area contributed by atoms with Crippen molar-refractivity contribution in [3.8, 4) is 0 Å². The van der Waals surface area contributed by atoms with Gasteiger partial charge in [-0.25, -0.2) is 8.42 Å². The van der Waals surface area contributed by atoms with Gasteiger partial charge in [-0.3, -0.25) is 9.78 Å². The highest BCUT2D eigenvalue weighted by atomic mass is 32.2. The lowest BCUT2D eigenvalue weighted by molar-refractivity contribution is -0.141. The van der Waals surface area contributed by atoms with Crippen molar-refractivity contribution in [1.82, 2.24) is 9.29 Å². The fourth-order valence-corrected chi connectivity index (χ4v) is 2.27. The molecule has 6 nitrogen and oxygen atoms in total. The zero-order chi connectivity index (χ0) is 13.8. The third-order valence-corrected chi connectivity index (χ3v) is 3.69. The Bertz CT molecular complexity index is 501. The van der Waals surface area contributed by atoms with E-state index in [-0.39, 0.29) is 13.1 Å². The molecule has 0 spiro atoms. The van der Waals surface area contributed by atoms with Gasteiger partial charge in [-0.2, -0.15) is 4.31 Å². The fraction of sp³-hybridized carbons (Fsp3) is 0.455. The number of pyridine rings is 1. The molecular formula is C11H16N2O4S. The highest BCUT2D eigenvalue weighted by molar-refractivity contribution is 7.88. The summed E-state index contributed by atoms with van der Waals surface area (Å²) in [6, 6.07) is 3.40. The van der Waals surface area contributed by atoms with Gasteiger partial charge in [-0.1, -0.05) is 6.92 Å². The van der Waals surface area contributed by atoms with Crippen molar-refractivity contribution in [3.05, 3.63) is 30.1 Å². The summed E-state index contributed by atoms with van der Waals surface area (Å²) in [6.07, 6.45) is 4.20. The predicted molar refractivity (Wildman–Crippen MR) is 66.3 cm³/mol. The molecule has 100 valence electrons. The van der Waals surface area contributed by atoms with E-state index in [1.807, 2.05) is 0 Å². The molecule has 0 fully saturated rings. The number of sulfonamides is 1. The summed E-state index contributed by atoms with van der Waals surface area (Å²) in [6.45, 7) is 1.59. The Morgan fingerprint density at radius 3 is 2.44 bits per heavy atom. The monoisotopic (exact) mass is 272 g/mol. The largest absolute Gasteiger partial charge is 0.481 e. The van der Waals surface area contributed by atoms with Crippen molar-refractivity contribution in [2.45, 2.75) is 13.5 Å². The van der Waals surface area contributed by atoms with Crippen LogP contribution in [0.1, 0.15) is 12.5 Å². The second-order valence-electron chi connectivity index (χ2n) is 4.15. The number of aromatic nitrogens is 1. The lowest BCUT2D eigenvalue weighted by atomic mass is 10.2. The third-order valence-electron chi connectivity index (χ3n) is 2.48. The molecular weight excluding hydrogens is 256 g/mol. The number of carboxylic acids is 1. The summed E-state index contributed by atoms with van der Waals surface area (Å²) in [7, 11) is -3.44. The van der Waals surface area contributed by atoms with Gasteiger partial charge in [0, 0.05) is 25.5 Å². The first-order valence-electron chi connectivity index (χ1n) is 5.37. The first-order valence-corrected chi connectivity index (χ1v) is 7.22. The van der Waals surface area contributed by atoms with Crippen LogP contribution in [0, 0.1) is 5.92 Å². The molecule has 1 aromatic heterocycles. The Kier molecular flexibility index (Phi) is 4.80. The number of carbonyl (C=O) groups is 1. The third kappa shape index (κ3) is 4.42. The number of hydrogen-bond donors (Lipinski definition) is 1. The molecule has 1 atom stereocenters. The van der Waals surface area contributed by atoms with Crippen LogP contribution in [0.15, 0.2) is 24.5 Å². The fourth-order valence-electron chi connectivity index (χ4n) is 1.39. The molecule has 18 heavy (non-hydrogen) atoms. The molecule has 0 aromatic carbocycles. The lowest BCUT2D eigenvalue weighted by Gasteiger charge is -2.21. The van der Waals surface area contributed by atoms with E-state index in [2.05, 4.69) is 4.98 Å².